The Morgan fingerprint density at radius 1 is 1.12 bits per heavy atom. The minimum Gasteiger partial charge on any atom is -0.491 e. The number of unbranched alkanes of at least 4 members (excludes halogenated alkanes) is 3. The van der Waals surface area contributed by atoms with Gasteiger partial charge in [-0.1, -0.05) is 17.7 Å². The van der Waals surface area contributed by atoms with E-state index in [2.05, 4.69) is 20.9 Å². The van der Waals surface area contributed by atoms with E-state index in [0.717, 1.165) is 25.7 Å². The zero-order valence-electron chi connectivity index (χ0n) is 19.3. The number of amides is 2. The number of alkyl halides is 1. The SMILES string of the molecule is CCNC(=O)c1ccc(-n2cc(C(=O)NCCc3cccs3)nn2)c(OCCCCCCF)c1. The molecule has 0 bridgehead atoms. The summed E-state index contributed by atoms with van der Waals surface area (Å²) in [6.07, 6.45) is 5.26. The average molecular weight is 488 g/mol. The lowest BCUT2D eigenvalue weighted by Gasteiger charge is -2.13. The maximum absolute atomic E-state index is 12.5. The van der Waals surface area contributed by atoms with E-state index < -0.39 is 0 Å². The molecule has 2 amide bonds. The van der Waals surface area contributed by atoms with Crippen molar-refractivity contribution in [2.24, 2.45) is 0 Å². The van der Waals surface area contributed by atoms with Crippen LogP contribution in [0.1, 0.15) is 58.3 Å². The van der Waals surface area contributed by atoms with Crippen LogP contribution >= 0.6 is 11.3 Å². The third-order valence-electron chi connectivity index (χ3n) is 5.05. The molecule has 0 aliphatic rings. The lowest BCUT2D eigenvalue weighted by atomic mass is 10.1. The van der Waals surface area contributed by atoms with Crippen molar-refractivity contribution >= 4 is 23.2 Å². The van der Waals surface area contributed by atoms with Crippen molar-refractivity contribution < 1.29 is 18.7 Å². The molecule has 182 valence electrons. The van der Waals surface area contributed by atoms with Gasteiger partial charge in [0, 0.05) is 23.5 Å². The number of benzene rings is 1. The molecule has 3 rings (SSSR count). The smallest absolute Gasteiger partial charge is 0.273 e. The van der Waals surface area contributed by atoms with E-state index in [1.807, 2.05) is 24.4 Å². The van der Waals surface area contributed by atoms with Gasteiger partial charge in [0.2, 0.25) is 0 Å². The average Bonchev–Trinajstić information content (AvgIpc) is 3.54. The van der Waals surface area contributed by atoms with Gasteiger partial charge < -0.3 is 15.4 Å². The maximum atomic E-state index is 12.5. The molecular formula is C24H30FN5O3S. The number of carbonyl (C=O) groups is 2. The molecule has 10 heteroatoms. The first-order chi connectivity index (χ1) is 16.6. The third kappa shape index (κ3) is 7.38. The minimum absolute atomic E-state index is 0.191. The predicted molar refractivity (Wildman–Crippen MR) is 130 cm³/mol. The third-order valence-corrected chi connectivity index (χ3v) is 5.99. The summed E-state index contributed by atoms with van der Waals surface area (Å²) in [6.45, 7) is 2.98. The monoisotopic (exact) mass is 487 g/mol. The van der Waals surface area contributed by atoms with Crippen LogP contribution in [0, 0.1) is 0 Å². The predicted octanol–water partition coefficient (Wildman–Crippen LogP) is 3.96. The molecule has 3 aromatic rings. The van der Waals surface area contributed by atoms with E-state index in [-0.39, 0.29) is 24.2 Å². The molecule has 0 unspecified atom stereocenters. The Kier molecular flexibility index (Phi) is 10.0. The number of aromatic nitrogens is 3. The number of carbonyl (C=O) groups excluding carboxylic acids is 2. The number of thiophene rings is 1. The summed E-state index contributed by atoms with van der Waals surface area (Å²) in [5.41, 5.74) is 1.22. The number of hydrogen-bond acceptors (Lipinski definition) is 6. The highest BCUT2D eigenvalue weighted by molar-refractivity contribution is 7.09. The van der Waals surface area contributed by atoms with Crippen LogP contribution in [0.2, 0.25) is 0 Å². The van der Waals surface area contributed by atoms with E-state index in [9.17, 15) is 14.0 Å². The van der Waals surface area contributed by atoms with Crippen molar-refractivity contribution in [2.45, 2.75) is 39.0 Å². The molecule has 0 fully saturated rings. The van der Waals surface area contributed by atoms with Crippen LogP contribution in [0.15, 0.2) is 41.9 Å². The molecular weight excluding hydrogens is 457 g/mol. The quantitative estimate of drug-likeness (QED) is 0.336. The van der Waals surface area contributed by atoms with E-state index >= 15 is 0 Å². The first kappa shape index (κ1) is 25.4. The molecule has 2 N–H and O–H groups in total. The summed E-state index contributed by atoms with van der Waals surface area (Å²) in [6, 6.07) is 9.06. The Morgan fingerprint density at radius 2 is 1.97 bits per heavy atom. The number of hydrogen-bond donors (Lipinski definition) is 2. The van der Waals surface area contributed by atoms with Crippen molar-refractivity contribution in [3.05, 3.63) is 58.0 Å². The summed E-state index contributed by atoms with van der Waals surface area (Å²) in [4.78, 5) is 26.0. The first-order valence-corrected chi connectivity index (χ1v) is 12.3. The number of nitrogens with zero attached hydrogens (tertiary/aromatic N) is 3. The van der Waals surface area contributed by atoms with Crippen molar-refractivity contribution in [3.63, 3.8) is 0 Å². The van der Waals surface area contributed by atoms with Crippen LogP contribution in [-0.4, -0.2) is 53.2 Å². The van der Waals surface area contributed by atoms with Crippen molar-refractivity contribution in [2.75, 3.05) is 26.4 Å². The fraction of sp³-hybridized carbons (Fsp3) is 0.417. The van der Waals surface area contributed by atoms with Gasteiger partial charge in [-0.05, 0) is 62.3 Å². The van der Waals surface area contributed by atoms with Gasteiger partial charge in [0.05, 0.1) is 19.5 Å². The van der Waals surface area contributed by atoms with Crippen molar-refractivity contribution in [3.8, 4) is 11.4 Å². The second kappa shape index (κ2) is 13.4. The highest BCUT2D eigenvalue weighted by Gasteiger charge is 2.16. The lowest BCUT2D eigenvalue weighted by molar-refractivity contribution is 0.0943. The fourth-order valence-corrected chi connectivity index (χ4v) is 3.99. The number of nitrogens with one attached hydrogen (secondary N) is 2. The Balaban J connectivity index is 1.69. The Bertz CT molecular complexity index is 1050. The van der Waals surface area contributed by atoms with Crippen molar-refractivity contribution in [1.82, 2.24) is 25.6 Å². The Labute approximate surface area is 202 Å². The van der Waals surface area contributed by atoms with Crippen LogP contribution in [0.4, 0.5) is 4.39 Å². The molecule has 0 saturated carbocycles. The molecule has 34 heavy (non-hydrogen) atoms. The summed E-state index contributed by atoms with van der Waals surface area (Å²) in [5.74, 6) is -0.0490. The molecule has 2 heterocycles. The molecule has 0 aliphatic heterocycles. The highest BCUT2D eigenvalue weighted by Crippen LogP contribution is 2.25. The van der Waals surface area contributed by atoms with Crippen LogP contribution < -0.4 is 15.4 Å². The van der Waals surface area contributed by atoms with Gasteiger partial charge in [0.1, 0.15) is 11.4 Å². The van der Waals surface area contributed by atoms with Crippen LogP contribution in [-0.2, 0) is 6.42 Å². The second-order valence-corrected chi connectivity index (χ2v) is 8.66. The van der Waals surface area contributed by atoms with Crippen molar-refractivity contribution in [1.29, 1.82) is 0 Å². The van der Waals surface area contributed by atoms with Gasteiger partial charge in [0.15, 0.2) is 5.69 Å². The molecule has 0 saturated heterocycles. The van der Waals surface area contributed by atoms with Gasteiger partial charge in [-0.25, -0.2) is 4.68 Å². The fourth-order valence-electron chi connectivity index (χ4n) is 3.29. The summed E-state index contributed by atoms with van der Waals surface area (Å²) < 4.78 is 19.7. The van der Waals surface area contributed by atoms with Gasteiger partial charge in [0.25, 0.3) is 11.8 Å². The van der Waals surface area contributed by atoms with Crippen LogP contribution in [0.5, 0.6) is 5.75 Å². The highest BCUT2D eigenvalue weighted by atomic mass is 32.1. The lowest BCUT2D eigenvalue weighted by Crippen LogP contribution is -2.25. The zero-order chi connectivity index (χ0) is 24.2. The Hall–Kier alpha value is -3.27. The first-order valence-electron chi connectivity index (χ1n) is 11.5. The molecule has 0 radical (unpaired) electrons. The normalized spacial score (nSPS) is 10.8. The number of halogens is 1. The number of rotatable bonds is 14. The summed E-state index contributed by atoms with van der Waals surface area (Å²) >= 11 is 1.65. The standard InChI is InChI=1S/C24H30FN5O3S/c1-2-26-23(31)18-9-10-21(22(16-18)33-14-6-4-3-5-12-25)30-17-20(28-29-30)24(32)27-13-11-19-8-7-15-34-19/h7-10,15-17H,2-6,11-14H2,1H3,(H,26,31)(H,27,32). The molecule has 1 aromatic carbocycles. The van der Waals surface area contributed by atoms with Gasteiger partial charge >= 0.3 is 0 Å². The van der Waals surface area contributed by atoms with Gasteiger partial charge in [-0.3, -0.25) is 14.0 Å². The summed E-state index contributed by atoms with van der Waals surface area (Å²) in [5, 5.41) is 15.7. The maximum Gasteiger partial charge on any atom is 0.273 e. The molecule has 8 nitrogen and oxygen atoms in total. The topological polar surface area (TPSA) is 98.1 Å². The zero-order valence-corrected chi connectivity index (χ0v) is 20.1. The van der Waals surface area contributed by atoms with Crippen LogP contribution in [0.3, 0.4) is 0 Å². The number of ether oxygens (including phenoxy) is 1. The van der Waals surface area contributed by atoms with E-state index in [4.69, 9.17) is 4.74 Å². The second-order valence-electron chi connectivity index (χ2n) is 7.63. The van der Waals surface area contributed by atoms with E-state index in [1.165, 1.54) is 15.8 Å². The molecule has 2 aromatic heterocycles. The molecule has 0 atom stereocenters. The van der Waals surface area contributed by atoms with Gasteiger partial charge in [-0.15, -0.1) is 16.4 Å². The Morgan fingerprint density at radius 3 is 2.74 bits per heavy atom. The van der Waals surface area contributed by atoms with Crippen LogP contribution in [0.25, 0.3) is 5.69 Å². The molecule has 0 spiro atoms. The summed E-state index contributed by atoms with van der Waals surface area (Å²) in [7, 11) is 0. The van der Waals surface area contributed by atoms with E-state index in [1.54, 1.807) is 29.5 Å². The van der Waals surface area contributed by atoms with Gasteiger partial charge in [-0.2, -0.15) is 0 Å². The minimum atomic E-state index is -0.310. The van der Waals surface area contributed by atoms with E-state index in [0.29, 0.717) is 43.1 Å². The molecule has 0 aliphatic carbocycles. The largest absolute Gasteiger partial charge is 0.491 e.